The number of hydrogen-bond acceptors (Lipinski definition) is 2. The van der Waals surface area contributed by atoms with Crippen LogP contribution in [0.3, 0.4) is 0 Å². The number of ether oxygens (including phenoxy) is 1. The highest BCUT2D eigenvalue weighted by molar-refractivity contribution is 6.42. The summed E-state index contributed by atoms with van der Waals surface area (Å²) < 4.78 is 5.70. The van der Waals surface area contributed by atoms with Crippen LogP contribution in [0.2, 0.25) is 10.0 Å². The third-order valence-corrected chi connectivity index (χ3v) is 4.29. The lowest BCUT2D eigenvalue weighted by molar-refractivity contribution is 0.317. The van der Waals surface area contributed by atoms with Gasteiger partial charge in [-0.15, -0.1) is 0 Å². The quantitative estimate of drug-likeness (QED) is 0.765. The highest BCUT2D eigenvalue weighted by atomic mass is 35.5. The summed E-state index contributed by atoms with van der Waals surface area (Å²) in [7, 11) is 0. The Morgan fingerprint density at radius 1 is 1.09 bits per heavy atom. The maximum Gasteiger partial charge on any atom is 0.119 e. The SMILES string of the molecule is CCCOc1cccc(C(CN)Cc2ccc(Cl)c(Cl)c2)c1. The molecule has 2 N–H and O–H groups in total. The molecule has 0 radical (unpaired) electrons. The van der Waals surface area contributed by atoms with Gasteiger partial charge >= 0.3 is 0 Å². The summed E-state index contributed by atoms with van der Waals surface area (Å²) in [6.45, 7) is 3.39. The maximum absolute atomic E-state index is 6.09. The molecular weight excluding hydrogens is 317 g/mol. The van der Waals surface area contributed by atoms with Crippen molar-refractivity contribution in [1.29, 1.82) is 0 Å². The van der Waals surface area contributed by atoms with Gasteiger partial charge in [-0.25, -0.2) is 0 Å². The molecule has 0 fully saturated rings. The highest BCUT2D eigenvalue weighted by Crippen LogP contribution is 2.27. The molecule has 2 nitrogen and oxygen atoms in total. The van der Waals surface area contributed by atoms with Crippen LogP contribution in [0.1, 0.15) is 30.4 Å². The molecule has 0 aromatic heterocycles. The van der Waals surface area contributed by atoms with Gasteiger partial charge in [0.2, 0.25) is 0 Å². The van der Waals surface area contributed by atoms with Crippen molar-refractivity contribution >= 4 is 23.2 Å². The Balaban J connectivity index is 2.15. The molecule has 2 aromatic rings. The largest absolute Gasteiger partial charge is 0.494 e. The fourth-order valence-electron chi connectivity index (χ4n) is 2.37. The minimum atomic E-state index is 0.224. The van der Waals surface area contributed by atoms with Crippen molar-refractivity contribution in [3.05, 3.63) is 63.6 Å². The number of benzene rings is 2. The zero-order chi connectivity index (χ0) is 15.9. The van der Waals surface area contributed by atoms with Crippen molar-refractivity contribution in [2.45, 2.75) is 25.7 Å². The van der Waals surface area contributed by atoms with Crippen molar-refractivity contribution in [2.75, 3.05) is 13.2 Å². The van der Waals surface area contributed by atoms with Crippen molar-refractivity contribution in [1.82, 2.24) is 0 Å². The molecule has 1 atom stereocenters. The average Bonchev–Trinajstić information content (AvgIpc) is 2.54. The smallest absolute Gasteiger partial charge is 0.119 e. The fourth-order valence-corrected chi connectivity index (χ4v) is 2.69. The molecule has 118 valence electrons. The van der Waals surface area contributed by atoms with Gasteiger partial charge in [-0.1, -0.05) is 48.3 Å². The Morgan fingerprint density at radius 2 is 1.91 bits per heavy atom. The first kappa shape index (κ1) is 17.1. The molecule has 4 heteroatoms. The van der Waals surface area contributed by atoms with E-state index in [0.717, 1.165) is 30.8 Å². The Kier molecular flexibility index (Phi) is 6.56. The summed E-state index contributed by atoms with van der Waals surface area (Å²) in [6.07, 6.45) is 1.82. The number of rotatable bonds is 7. The van der Waals surface area contributed by atoms with E-state index in [2.05, 4.69) is 19.1 Å². The second kappa shape index (κ2) is 8.42. The van der Waals surface area contributed by atoms with E-state index >= 15 is 0 Å². The molecule has 0 amide bonds. The van der Waals surface area contributed by atoms with Crippen LogP contribution in [0.4, 0.5) is 0 Å². The van der Waals surface area contributed by atoms with Crippen LogP contribution in [0, 0.1) is 0 Å². The van der Waals surface area contributed by atoms with Crippen LogP contribution >= 0.6 is 23.2 Å². The van der Waals surface area contributed by atoms with E-state index in [1.807, 2.05) is 30.3 Å². The van der Waals surface area contributed by atoms with Crippen molar-refractivity contribution < 1.29 is 4.74 Å². The minimum Gasteiger partial charge on any atom is -0.494 e. The van der Waals surface area contributed by atoms with Gasteiger partial charge in [0.25, 0.3) is 0 Å². The van der Waals surface area contributed by atoms with E-state index in [-0.39, 0.29) is 5.92 Å². The van der Waals surface area contributed by atoms with Crippen LogP contribution in [-0.2, 0) is 6.42 Å². The first-order valence-electron chi connectivity index (χ1n) is 7.50. The predicted molar refractivity (Wildman–Crippen MR) is 94.2 cm³/mol. The summed E-state index contributed by atoms with van der Waals surface area (Å²) in [5, 5.41) is 1.15. The summed E-state index contributed by atoms with van der Waals surface area (Å²) in [5.74, 6) is 1.12. The molecule has 0 saturated heterocycles. The zero-order valence-corrected chi connectivity index (χ0v) is 14.2. The molecule has 1 unspecified atom stereocenters. The summed E-state index contributed by atoms with van der Waals surface area (Å²) in [5.41, 5.74) is 8.28. The summed E-state index contributed by atoms with van der Waals surface area (Å²) in [4.78, 5) is 0. The molecule has 0 heterocycles. The van der Waals surface area contributed by atoms with E-state index < -0.39 is 0 Å². The topological polar surface area (TPSA) is 35.2 Å². The first-order chi connectivity index (χ1) is 10.6. The molecule has 0 saturated carbocycles. The molecule has 0 aliphatic heterocycles. The van der Waals surface area contributed by atoms with Crippen LogP contribution < -0.4 is 10.5 Å². The summed E-state index contributed by atoms with van der Waals surface area (Å²) >= 11 is 12.0. The van der Waals surface area contributed by atoms with Gasteiger partial charge in [-0.05, 0) is 54.8 Å². The van der Waals surface area contributed by atoms with Crippen molar-refractivity contribution in [3.8, 4) is 5.75 Å². The molecule has 0 bridgehead atoms. The standard InChI is InChI=1S/C18H21Cl2NO/c1-2-8-22-16-5-3-4-14(11-16)15(12-21)9-13-6-7-17(19)18(20)10-13/h3-7,10-11,15H,2,8-9,12,21H2,1H3. The number of nitrogens with two attached hydrogens (primary N) is 1. The average molecular weight is 338 g/mol. The third-order valence-electron chi connectivity index (χ3n) is 3.55. The lowest BCUT2D eigenvalue weighted by Crippen LogP contribution is -2.15. The van der Waals surface area contributed by atoms with Gasteiger partial charge in [0.1, 0.15) is 5.75 Å². The van der Waals surface area contributed by atoms with Crippen molar-refractivity contribution in [3.63, 3.8) is 0 Å². The molecule has 0 aliphatic rings. The fraction of sp³-hybridized carbons (Fsp3) is 0.333. The monoisotopic (exact) mass is 337 g/mol. The molecule has 2 rings (SSSR count). The minimum absolute atomic E-state index is 0.224. The van der Waals surface area contributed by atoms with E-state index in [4.69, 9.17) is 33.7 Å². The van der Waals surface area contributed by atoms with Gasteiger partial charge in [-0.3, -0.25) is 0 Å². The van der Waals surface area contributed by atoms with E-state index in [9.17, 15) is 0 Å². The molecular formula is C18H21Cl2NO. The van der Waals surface area contributed by atoms with Crippen LogP contribution in [-0.4, -0.2) is 13.2 Å². The predicted octanol–water partition coefficient (Wildman–Crippen LogP) is 5.07. The Hall–Kier alpha value is -1.22. The van der Waals surface area contributed by atoms with Gasteiger partial charge in [0.15, 0.2) is 0 Å². The Bertz CT molecular complexity index is 616. The van der Waals surface area contributed by atoms with E-state index in [1.54, 1.807) is 0 Å². The Labute approximate surface area is 142 Å². The lowest BCUT2D eigenvalue weighted by atomic mass is 9.92. The highest BCUT2D eigenvalue weighted by Gasteiger charge is 2.12. The van der Waals surface area contributed by atoms with Crippen molar-refractivity contribution in [2.24, 2.45) is 5.73 Å². The van der Waals surface area contributed by atoms with Gasteiger partial charge < -0.3 is 10.5 Å². The van der Waals surface area contributed by atoms with Crippen LogP contribution in [0.25, 0.3) is 0 Å². The first-order valence-corrected chi connectivity index (χ1v) is 8.26. The zero-order valence-electron chi connectivity index (χ0n) is 12.7. The Morgan fingerprint density at radius 3 is 2.59 bits per heavy atom. The van der Waals surface area contributed by atoms with Crippen LogP contribution in [0.5, 0.6) is 5.75 Å². The normalized spacial score (nSPS) is 12.2. The second-order valence-electron chi connectivity index (χ2n) is 5.31. The third kappa shape index (κ3) is 4.64. The van der Waals surface area contributed by atoms with Crippen LogP contribution in [0.15, 0.2) is 42.5 Å². The van der Waals surface area contributed by atoms with E-state index in [1.165, 1.54) is 5.56 Å². The number of halogens is 2. The lowest BCUT2D eigenvalue weighted by Gasteiger charge is -2.17. The van der Waals surface area contributed by atoms with E-state index in [0.29, 0.717) is 16.6 Å². The van der Waals surface area contributed by atoms with Gasteiger partial charge in [-0.2, -0.15) is 0 Å². The molecule has 22 heavy (non-hydrogen) atoms. The molecule has 0 aliphatic carbocycles. The maximum atomic E-state index is 6.09. The summed E-state index contributed by atoms with van der Waals surface area (Å²) in [6, 6.07) is 13.9. The molecule has 0 spiro atoms. The van der Waals surface area contributed by atoms with Gasteiger partial charge in [0.05, 0.1) is 16.7 Å². The number of hydrogen-bond donors (Lipinski definition) is 1. The molecule has 2 aromatic carbocycles. The second-order valence-corrected chi connectivity index (χ2v) is 6.12. The van der Waals surface area contributed by atoms with Gasteiger partial charge in [0, 0.05) is 5.92 Å².